The molecular weight excluding hydrogens is 354 g/mol. The molecule has 0 aliphatic carbocycles. The number of amides is 1. The van der Waals surface area contributed by atoms with Crippen LogP contribution in [-0.2, 0) is 4.79 Å². The van der Waals surface area contributed by atoms with Gasteiger partial charge in [-0.1, -0.05) is 48.0 Å². The summed E-state index contributed by atoms with van der Waals surface area (Å²) in [6.45, 7) is 0.0563. The summed E-state index contributed by atoms with van der Waals surface area (Å²) in [5.74, 6) is -0.210. The van der Waals surface area contributed by atoms with E-state index in [2.05, 4.69) is 5.32 Å². The Morgan fingerprint density at radius 2 is 1.88 bits per heavy atom. The van der Waals surface area contributed by atoms with Gasteiger partial charge >= 0.3 is 0 Å². The molecule has 0 atom stereocenters. The van der Waals surface area contributed by atoms with Crippen LogP contribution >= 0.6 is 11.6 Å². The number of rotatable bonds is 5. The highest BCUT2D eigenvalue weighted by atomic mass is 35.5. The van der Waals surface area contributed by atoms with E-state index in [0.29, 0.717) is 5.69 Å². The number of halogens is 1. The maximum Gasteiger partial charge on any atom is 0.271 e. The van der Waals surface area contributed by atoms with Crippen molar-refractivity contribution in [2.24, 2.45) is 0 Å². The molecule has 3 aromatic carbocycles. The summed E-state index contributed by atoms with van der Waals surface area (Å²) in [6.07, 6.45) is 0. The summed E-state index contributed by atoms with van der Waals surface area (Å²) in [4.78, 5) is 24.3. The van der Waals surface area contributed by atoms with Crippen molar-refractivity contribution in [3.8, 4) is 0 Å². The third-order valence-corrected chi connectivity index (χ3v) is 4.30. The van der Waals surface area contributed by atoms with E-state index in [1.54, 1.807) is 11.9 Å². The average molecular weight is 370 g/mol. The number of nitro groups is 1. The maximum atomic E-state index is 12.4. The molecule has 0 unspecified atom stereocenters. The lowest BCUT2D eigenvalue weighted by atomic mass is 10.1. The average Bonchev–Trinajstić information content (AvgIpc) is 2.61. The SMILES string of the molecule is CN(CC(=O)Nc1cccc2ccccc12)c1ccc([N+](=O)[O-])cc1Cl. The van der Waals surface area contributed by atoms with Gasteiger partial charge in [0.15, 0.2) is 0 Å². The molecule has 3 rings (SSSR count). The predicted molar refractivity (Wildman–Crippen MR) is 104 cm³/mol. The molecule has 6 nitrogen and oxygen atoms in total. The van der Waals surface area contributed by atoms with Gasteiger partial charge in [-0.2, -0.15) is 0 Å². The minimum absolute atomic E-state index is 0.0563. The number of non-ortho nitro benzene ring substituents is 1. The Kier molecular flexibility index (Phi) is 5.04. The molecule has 0 radical (unpaired) electrons. The van der Waals surface area contributed by atoms with Gasteiger partial charge in [-0.05, 0) is 17.5 Å². The first-order chi connectivity index (χ1) is 12.5. The smallest absolute Gasteiger partial charge is 0.271 e. The number of nitrogens with one attached hydrogen (secondary N) is 1. The Bertz CT molecular complexity index is 985. The number of hydrogen-bond acceptors (Lipinski definition) is 4. The van der Waals surface area contributed by atoms with E-state index in [-0.39, 0.29) is 23.2 Å². The van der Waals surface area contributed by atoms with Gasteiger partial charge in [-0.3, -0.25) is 14.9 Å². The van der Waals surface area contributed by atoms with E-state index in [1.165, 1.54) is 18.2 Å². The fourth-order valence-corrected chi connectivity index (χ4v) is 3.06. The number of likely N-dealkylation sites (N-methyl/N-ethyl adjacent to an activating group) is 1. The number of anilines is 2. The van der Waals surface area contributed by atoms with Gasteiger partial charge in [0.2, 0.25) is 5.91 Å². The van der Waals surface area contributed by atoms with E-state index in [9.17, 15) is 14.9 Å². The van der Waals surface area contributed by atoms with Gasteiger partial charge in [0.1, 0.15) is 0 Å². The number of nitro benzene ring substituents is 1. The molecule has 1 N–H and O–H groups in total. The molecular formula is C19H16ClN3O3. The van der Waals surface area contributed by atoms with Crippen molar-refractivity contribution < 1.29 is 9.72 Å². The van der Waals surface area contributed by atoms with E-state index >= 15 is 0 Å². The Labute approximate surface area is 155 Å². The number of fused-ring (bicyclic) bond motifs is 1. The zero-order valence-corrected chi connectivity index (χ0v) is 14.7. The van der Waals surface area contributed by atoms with Crippen LogP contribution in [0.3, 0.4) is 0 Å². The summed E-state index contributed by atoms with van der Waals surface area (Å²) in [5.41, 5.74) is 1.19. The van der Waals surface area contributed by atoms with Gasteiger partial charge in [-0.25, -0.2) is 0 Å². The molecule has 0 aromatic heterocycles. The van der Waals surface area contributed by atoms with E-state index in [0.717, 1.165) is 16.5 Å². The van der Waals surface area contributed by atoms with Gasteiger partial charge < -0.3 is 10.2 Å². The molecule has 0 saturated carbocycles. The second-order valence-electron chi connectivity index (χ2n) is 5.82. The topological polar surface area (TPSA) is 75.5 Å². The highest BCUT2D eigenvalue weighted by Gasteiger charge is 2.15. The van der Waals surface area contributed by atoms with Gasteiger partial charge in [0, 0.05) is 30.3 Å². The fraction of sp³-hybridized carbons (Fsp3) is 0.105. The van der Waals surface area contributed by atoms with Gasteiger partial charge in [0.05, 0.1) is 22.2 Å². The van der Waals surface area contributed by atoms with Crippen molar-refractivity contribution in [2.75, 3.05) is 23.8 Å². The highest BCUT2D eigenvalue weighted by Crippen LogP contribution is 2.29. The molecule has 0 fully saturated rings. The van der Waals surface area contributed by atoms with Crippen molar-refractivity contribution >= 4 is 45.3 Å². The van der Waals surface area contributed by atoms with Crippen LogP contribution < -0.4 is 10.2 Å². The van der Waals surface area contributed by atoms with E-state index in [1.807, 2.05) is 42.5 Å². The van der Waals surface area contributed by atoms with Crippen molar-refractivity contribution in [1.29, 1.82) is 0 Å². The molecule has 0 spiro atoms. The van der Waals surface area contributed by atoms with Crippen molar-refractivity contribution in [3.05, 3.63) is 75.8 Å². The summed E-state index contributed by atoms with van der Waals surface area (Å²) in [6, 6.07) is 17.7. The van der Waals surface area contributed by atoms with Crippen LogP contribution in [0.4, 0.5) is 17.1 Å². The second kappa shape index (κ2) is 7.41. The molecule has 0 aliphatic heterocycles. The fourth-order valence-electron chi connectivity index (χ4n) is 2.74. The van der Waals surface area contributed by atoms with Crippen LogP contribution in [0.1, 0.15) is 0 Å². The van der Waals surface area contributed by atoms with Crippen LogP contribution in [0, 0.1) is 10.1 Å². The number of hydrogen-bond donors (Lipinski definition) is 1. The molecule has 0 aliphatic rings. The summed E-state index contributed by atoms with van der Waals surface area (Å²) in [5, 5.41) is 15.9. The first kappa shape index (κ1) is 17.7. The number of carbonyl (C=O) groups excluding carboxylic acids is 1. The molecule has 0 heterocycles. The zero-order chi connectivity index (χ0) is 18.7. The largest absolute Gasteiger partial charge is 0.364 e. The number of nitrogens with zero attached hydrogens (tertiary/aromatic N) is 2. The minimum Gasteiger partial charge on any atom is -0.364 e. The lowest BCUT2D eigenvalue weighted by molar-refractivity contribution is -0.384. The quantitative estimate of drug-likeness (QED) is 0.531. The third kappa shape index (κ3) is 3.75. The Hall–Kier alpha value is -3.12. The van der Waals surface area contributed by atoms with Crippen LogP contribution in [0.5, 0.6) is 0 Å². The van der Waals surface area contributed by atoms with Crippen LogP contribution in [0.2, 0.25) is 5.02 Å². The second-order valence-corrected chi connectivity index (χ2v) is 6.23. The Morgan fingerprint density at radius 3 is 2.62 bits per heavy atom. The first-order valence-electron chi connectivity index (χ1n) is 7.88. The summed E-state index contributed by atoms with van der Waals surface area (Å²) < 4.78 is 0. The van der Waals surface area contributed by atoms with Crippen LogP contribution in [0.25, 0.3) is 10.8 Å². The maximum absolute atomic E-state index is 12.4. The molecule has 26 heavy (non-hydrogen) atoms. The Balaban J connectivity index is 1.74. The summed E-state index contributed by atoms with van der Waals surface area (Å²) >= 11 is 6.11. The zero-order valence-electron chi connectivity index (χ0n) is 14.0. The van der Waals surface area contributed by atoms with Crippen molar-refractivity contribution in [2.45, 2.75) is 0 Å². The van der Waals surface area contributed by atoms with E-state index in [4.69, 9.17) is 11.6 Å². The van der Waals surface area contributed by atoms with E-state index < -0.39 is 4.92 Å². The molecule has 7 heteroatoms. The number of benzene rings is 3. The molecule has 1 amide bonds. The summed E-state index contributed by atoms with van der Waals surface area (Å²) in [7, 11) is 1.70. The third-order valence-electron chi connectivity index (χ3n) is 4.00. The Morgan fingerprint density at radius 1 is 1.15 bits per heavy atom. The van der Waals surface area contributed by atoms with Crippen molar-refractivity contribution in [1.82, 2.24) is 0 Å². The highest BCUT2D eigenvalue weighted by molar-refractivity contribution is 6.33. The standard InChI is InChI=1S/C19H16ClN3O3/c1-22(18-10-9-14(23(25)26)11-16(18)20)12-19(24)21-17-8-4-6-13-5-2-3-7-15(13)17/h2-11H,12H2,1H3,(H,21,24). The number of carbonyl (C=O) groups is 1. The van der Waals surface area contributed by atoms with Crippen LogP contribution in [-0.4, -0.2) is 24.4 Å². The van der Waals surface area contributed by atoms with Gasteiger partial charge in [-0.15, -0.1) is 0 Å². The predicted octanol–water partition coefficient (Wildman–Crippen LogP) is 4.48. The normalized spacial score (nSPS) is 10.5. The van der Waals surface area contributed by atoms with Gasteiger partial charge in [0.25, 0.3) is 5.69 Å². The van der Waals surface area contributed by atoms with Crippen molar-refractivity contribution in [3.63, 3.8) is 0 Å². The lowest BCUT2D eigenvalue weighted by Crippen LogP contribution is -2.30. The minimum atomic E-state index is -0.511. The molecule has 3 aromatic rings. The van der Waals surface area contributed by atoms with Crippen LogP contribution in [0.15, 0.2) is 60.7 Å². The lowest BCUT2D eigenvalue weighted by Gasteiger charge is -2.20. The molecule has 0 saturated heterocycles. The molecule has 132 valence electrons. The molecule has 0 bridgehead atoms. The monoisotopic (exact) mass is 369 g/mol. The first-order valence-corrected chi connectivity index (χ1v) is 8.26.